The second-order valence-corrected chi connectivity index (χ2v) is 11.8. The largest absolute Gasteiger partial charge is 0.395 e. The number of fused-ring (bicyclic) bond motifs is 1. The molecular weight excluding hydrogens is 560 g/mol. The van der Waals surface area contributed by atoms with Gasteiger partial charge in [-0.15, -0.1) is 5.10 Å². The van der Waals surface area contributed by atoms with E-state index < -0.39 is 30.1 Å². The van der Waals surface area contributed by atoms with Crippen LogP contribution in [0.2, 0.25) is 5.02 Å². The highest BCUT2D eigenvalue weighted by molar-refractivity contribution is 6.35. The number of aryl methyl sites for hydroxylation is 1. The molecule has 13 heteroatoms. The summed E-state index contributed by atoms with van der Waals surface area (Å²) in [5.41, 5.74) is 0.121. The number of nitrogens with zero attached hydrogens (tertiary/aromatic N) is 6. The molecule has 0 saturated heterocycles. The van der Waals surface area contributed by atoms with Gasteiger partial charge >= 0.3 is 6.18 Å². The number of rotatable bonds is 7. The monoisotopic (exact) mass is 588 g/mol. The molecule has 216 valence electrons. The quantitative estimate of drug-likeness (QED) is 0.174. The molecule has 0 bridgehead atoms. The second kappa shape index (κ2) is 10.8. The molecule has 0 spiro atoms. The Balaban J connectivity index is 1.83. The lowest BCUT2D eigenvalue weighted by atomic mass is 9.92. The van der Waals surface area contributed by atoms with Crippen LogP contribution >= 0.6 is 11.6 Å². The number of nitriles is 1. The summed E-state index contributed by atoms with van der Waals surface area (Å²) in [7, 11) is 0. The number of pyridine rings is 2. The van der Waals surface area contributed by atoms with Gasteiger partial charge in [0.1, 0.15) is 11.8 Å². The zero-order valence-electron chi connectivity index (χ0n) is 23.3. The van der Waals surface area contributed by atoms with Crippen LogP contribution in [0.1, 0.15) is 63.2 Å². The van der Waals surface area contributed by atoms with Crippen LogP contribution in [0.5, 0.6) is 0 Å². The van der Waals surface area contributed by atoms with Gasteiger partial charge in [0.05, 0.1) is 45.0 Å². The smallest absolute Gasteiger partial charge is 0.382 e. The normalized spacial score (nSPS) is 13.2. The summed E-state index contributed by atoms with van der Waals surface area (Å²) >= 11 is 6.60. The van der Waals surface area contributed by atoms with E-state index in [0.29, 0.717) is 33.5 Å². The van der Waals surface area contributed by atoms with Crippen LogP contribution in [0.15, 0.2) is 36.7 Å². The summed E-state index contributed by atoms with van der Waals surface area (Å²) < 4.78 is 56.3. The molecule has 0 fully saturated rings. The first-order valence-electron chi connectivity index (χ1n) is 12.7. The first-order chi connectivity index (χ1) is 19.0. The fourth-order valence-corrected chi connectivity index (χ4v) is 4.36. The van der Waals surface area contributed by atoms with Crippen molar-refractivity contribution in [3.63, 3.8) is 0 Å². The molecule has 0 aliphatic heterocycles. The van der Waals surface area contributed by atoms with Crippen LogP contribution in [-0.4, -0.2) is 37.7 Å². The van der Waals surface area contributed by atoms with Gasteiger partial charge in [0, 0.05) is 35.1 Å². The Kier molecular flexibility index (Phi) is 7.88. The molecule has 4 rings (SSSR count). The third-order valence-corrected chi connectivity index (χ3v) is 7.02. The van der Waals surface area contributed by atoms with Crippen LogP contribution < -0.4 is 10.6 Å². The van der Waals surface area contributed by atoms with E-state index >= 15 is 0 Å². The maximum Gasteiger partial charge on any atom is 0.395 e. The molecule has 0 aliphatic rings. The molecule has 41 heavy (non-hydrogen) atoms. The first-order valence-corrected chi connectivity index (χ1v) is 13.0. The SMILES string of the molecule is Cc1nc(F)ccc1[C@H](Nc1cc(Cl)c2ncc(C#N)c(NCC(C)(C)C(F)(F)F)c2c1)c1cn(C(C)(C)C)nn1. The molecule has 3 heterocycles. The van der Waals surface area contributed by atoms with Crippen molar-refractivity contribution < 1.29 is 17.6 Å². The Labute approximate surface area is 239 Å². The van der Waals surface area contributed by atoms with E-state index in [1.54, 1.807) is 36.0 Å². The van der Waals surface area contributed by atoms with Gasteiger partial charge in [-0.05, 0) is 59.7 Å². The second-order valence-electron chi connectivity index (χ2n) is 11.4. The maximum absolute atomic E-state index is 13.9. The number of hydrogen-bond donors (Lipinski definition) is 2. The molecule has 2 N–H and O–H groups in total. The fraction of sp³-hybridized carbons (Fsp3) is 0.393. The lowest BCUT2D eigenvalue weighted by Gasteiger charge is -2.28. The highest BCUT2D eigenvalue weighted by atomic mass is 35.5. The topological polar surface area (TPSA) is 104 Å². The van der Waals surface area contributed by atoms with Gasteiger partial charge in [-0.3, -0.25) is 4.98 Å². The number of alkyl halides is 3. The van der Waals surface area contributed by atoms with Gasteiger partial charge in [0.2, 0.25) is 5.95 Å². The van der Waals surface area contributed by atoms with Crippen LogP contribution in [0.3, 0.4) is 0 Å². The number of hydrogen-bond acceptors (Lipinski definition) is 7. The van der Waals surface area contributed by atoms with Crippen molar-refractivity contribution in [3.05, 3.63) is 70.1 Å². The highest BCUT2D eigenvalue weighted by Gasteiger charge is 2.47. The Hall–Kier alpha value is -3.98. The van der Waals surface area contributed by atoms with E-state index in [1.165, 1.54) is 12.3 Å². The zero-order chi connectivity index (χ0) is 30.3. The molecule has 0 radical (unpaired) electrons. The van der Waals surface area contributed by atoms with Crippen LogP contribution in [-0.2, 0) is 5.54 Å². The molecule has 3 aromatic heterocycles. The standard InChI is InChI=1S/C28H29ClF4N8/c1-15-18(7-8-22(30)37-15)25(21-13-41(40-39-21)26(2,3)4)38-17-9-19-23(36-14-27(5,6)28(31,32)33)16(11-34)12-35-24(19)20(29)10-17/h7-10,12-13,25,38H,14H2,1-6H3,(H,35,36)/t25-/m0/s1. The Morgan fingerprint density at radius 3 is 2.41 bits per heavy atom. The van der Waals surface area contributed by atoms with Gasteiger partial charge in [0.25, 0.3) is 0 Å². The van der Waals surface area contributed by atoms with Crippen molar-refractivity contribution >= 4 is 33.9 Å². The van der Waals surface area contributed by atoms with E-state index in [9.17, 15) is 22.8 Å². The van der Waals surface area contributed by atoms with Crippen molar-refractivity contribution in [1.29, 1.82) is 5.26 Å². The first kappa shape index (κ1) is 30.0. The summed E-state index contributed by atoms with van der Waals surface area (Å²) in [4.78, 5) is 8.23. The van der Waals surface area contributed by atoms with Gasteiger partial charge < -0.3 is 10.6 Å². The number of aromatic nitrogens is 5. The molecule has 0 amide bonds. The molecule has 0 saturated carbocycles. The fourth-order valence-electron chi connectivity index (χ4n) is 4.09. The molecule has 1 aromatic carbocycles. The Morgan fingerprint density at radius 2 is 1.83 bits per heavy atom. The van der Waals surface area contributed by atoms with E-state index in [0.717, 1.165) is 13.8 Å². The summed E-state index contributed by atoms with van der Waals surface area (Å²) in [6, 6.07) is 7.43. The minimum Gasteiger partial charge on any atom is -0.382 e. The summed E-state index contributed by atoms with van der Waals surface area (Å²) in [5.74, 6) is -0.635. The van der Waals surface area contributed by atoms with Crippen molar-refractivity contribution in [2.24, 2.45) is 5.41 Å². The maximum atomic E-state index is 13.9. The minimum atomic E-state index is -4.47. The number of halogens is 5. The minimum absolute atomic E-state index is 0.0620. The summed E-state index contributed by atoms with van der Waals surface area (Å²) in [5, 5.41) is 25.0. The molecule has 0 aliphatic carbocycles. The van der Waals surface area contributed by atoms with E-state index in [-0.39, 0.29) is 21.8 Å². The zero-order valence-corrected chi connectivity index (χ0v) is 24.1. The van der Waals surface area contributed by atoms with Crippen LogP contribution in [0.25, 0.3) is 10.9 Å². The van der Waals surface area contributed by atoms with Gasteiger partial charge in [-0.25, -0.2) is 9.67 Å². The van der Waals surface area contributed by atoms with Gasteiger partial charge in [-0.2, -0.15) is 22.8 Å². The average molecular weight is 589 g/mol. The number of anilines is 2. The number of benzene rings is 1. The van der Waals surface area contributed by atoms with Crippen LogP contribution in [0, 0.1) is 29.6 Å². The van der Waals surface area contributed by atoms with Crippen LogP contribution in [0.4, 0.5) is 28.9 Å². The molecule has 0 unspecified atom stereocenters. The van der Waals surface area contributed by atoms with E-state index in [1.807, 2.05) is 26.8 Å². The predicted molar refractivity (Wildman–Crippen MR) is 149 cm³/mol. The highest BCUT2D eigenvalue weighted by Crippen LogP contribution is 2.40. The third-order valence-electron chi connectivity index (χ3n) is 6.73. The van der Waals surface area contributed by atoms with Gasteiger partial charge in [0.15, 0.2) is 0 Å². The predicted octanol–water partition coefficient (Wildman–Crippen LogP) is 7.15. The van der Waals surface area contributed by atoms with Crippen molar-refractivity contribution in [3.8, 4) is 6.07 Å². The molecule has 8 nitrogen and oxygen atoms in total. The van der Waals surface area contributed by atoms with Crippen molar-refractivity contribution in [2.75, 3.05) is 17.2 Å². The van der Waals surface area contributed by atoms with E-state index in [4.69, 9.17) is 11.6 Å². The summed E-state index contributed by atoms with van der Waals surface area (Å²) in [6.45, 7) is 9.23. The summed E-state index contributed by atoms with van der Waals surface area (Å²) in [6.07, 6.45) is -1.44. The van der Waals surface area contributed by atoms with Gasteiger partial charge in [-0.1, -0.05) is 22.9 Å². The number of nitrogens with one attached hydrogen (secondary N) is 2. The average Bonchev–Trinajstić information content (AvgIpc) is 3.36. The van der Waals surface area contributed by atoms with Crippen molar-refractivity contribution in [1.82, 2.24) is 25.0 Å². The third kappa shape index (κ3) is 6.20. The molecule has 1 atom stereocenters. The Bertz CT molecular complexity index is 1630. The Morgan fingerprint density at radius 1 is 1.12 bits per heavy atom. The molecule has 4 aromatic rings. The lowest BCUT2D eigenvalue weighted by Crippen LogP contribution is -2.38. The van der Waals surface area contributed by atoms with E-state index in [2.05, 4.69) is 30.9 Å². The molecular formula is C28H29ClF4N8. The lowest BCUT2D eigenvalue weighted by molar-refractivity contribution is -0.206. The van der Waals surface area contributed by atoms with Crippen molar-refractivity contribution in [2.45, 2.75) is 59.3 Å².